The molecule has 0 radical (unpaired) electrons. The van der Waals surface area contributed by atoms with Crippen molar-refractivity contribution in [3.05, 3.63) is 124 Å². The van der Waals surface area contributed by atoms with Gasteiger partial charge < -0.3 is 10.0 Å². The SMILES string of the molecule is CN(Cc1cccc2ccccc12)C(=O)c1ccc(C=NNC(=O)c2ccc(O)c(Cl)c2)c2ccccc12. The second-order valence-corrected chi connectivity index (χ2v) is 9.32. The number of carbonyl (C=O) groups excluding carboxylic acids is 2. The molecule has 0 saturated carbocycles. The first-order valence-electron chi connectivity index (χ1n) is 12.0. The van der Waals surface area contributed by atoms with Crippen LogP contribution in [0.2, 0.25) is 5.02 Å². The molecule has 0 spiro atoms. The number of carbonyl (C=O) groups is 2. The van der Waals surface area contributed by atoms with Gasteiger partial charge in [0.2, 0.25) is 0 Å². The van der Waals surface area contributed by atoms with Crippen molar-refractivity contribution < 1.29 is 14.7 Å². The van der Waals surface area contributed by atoms with Gasteiger partial charge in [-0.2, -0.15) is 5.10 Å². The first kappa shape index (κ1) is 25.0. The molecule has 0 aliphatic rings. The van der Waals surface area contributed by atoms with Crippen molar-refractivity contribution in [3.63, 3.8) is 0 Å². The van der Waals surface area contributed by atoms with Gasteiger partial charge in [-0.25, -0.2) is 5.43 Å². The Bertz CT molecular complexity index is 1710. The summed E-state index contributed by atoms with van der Waals surface area (Å²) < 4.78 is 0. The van der Waals surface area contributed by atoms with Gasteiger partial charge in [0.25, 0.3) is 11.8 Å². The molecular weight excluding hydrogens is 498 g/mol. The van der Waals surface area contributed by atoms with Crippen molar-refractivity contribution in [2.75, 3.05) is 7.05 Å². The number of hydrogen-bond acceptors (Lipinski definition) is 4. The largest absolute Gasteiger partial charge is 0.506 e. The molecule has 0 atom stereocenters. The van der Waals surface area contributed by atoms with Crippen molar-refractivity contribution in [2.24, 2.45) is 5.10 Å². The van der Waals surface area contributed by atoms with Gasteiger partial charge >= 0.3 is 0 Å². The smallest absolute Gasteiger partial charge is 0.271 e. The summed E-state index contributed by atoms with van der Waals surface area (Å²) in [6.07, 6.45) is 1.54. The number of hydrogen-bond donors (Lipinski definition) is 2. The molecule has 5 aromatic carbocycles. The Labute approximate surface area is 224 Å². The van der Waals surface area contributed by atoms with Gasteiger partial charge in [-0.1, -0.05) is 84.4 Å². The monoisotopic (exact) mass is 521 g/mol. The highest BCUT2D eigenvalue weighted by atomic mass is 35.5. The first-order valence-corrected chi connectivity index (χ1v) is 12.4. The molecule has 0 aromatic heterocycles. The molecule has 0 aliphatic carbocycles. The summed E-state index contributed by atoms with van der Waals surface area (Å²) in [5.74, 6) is -0.653. The van der Waals surface area contributed by atoms with Gasteiger partial charge in [0.05, 0.1) is 11.2 Å². The van der Waals surface area contributed by atoms with E-state index in [0.29, 0.717) is 12.1 Å². The number of phenols is 1. The van der Waals surface area contributed by atoms with Gasteiger partial charge in [-0.05, 0) is 51.4 Å². The minimum absolute atomic E-state index is 0.0818. The molecule has 5 aromatic rings. The summed E-state index contributed by atoms with van der Waals surface area (Å²) >= 11 is 5.89. The van der Waals surface area contributed by atoms with Crippen LogP contribution >= 0.6 is 11.6 Å². The van der Waals surface area contributed by atoms with Crippen LogP contribution in [0.1, 0.15) is 31.8 Å². The van der Waals surface area contributed by atoms with Crippen LogP contribution in [0, 0.1) is 0 Å². The molecule has 5 rings (SSSR count). The normalized spacial score (nSPS) is 11.2. The van der Waals surface area contributed by atoms with Crippen LogP contribution in [-0.2, 0) is 6.54 Å². The fraction of sp³-hybridized carbons (Fsp3) is 0.0645. The number of fused-ring (bicyclic) bond motifs is 2. The van der Waals surface area contributed by atoms with Crippen LogP contribution in [0.4, 0.5) is 0 Å². The lowest BCUT2D eigenvalue weighted by Crippen LogP contribution is -2.26. The van der Waals surface area contributed by atoms with Crippen LogP contribution < -0.4 is 5.43 Å². The maximum absolute atomic E-state index is 13.5. The van der Waals surface area contributed by atoms with Crippen LogP contribution in [0.25, 0.3) is 21.5 Å². The maximum Gasteiger partial charge on any atom is 0.271 e. The molecule has 188 valence electrons. The van der Waals surface area contributed by atoms with E-state index in [1.54, 1.807) is 18.0 Å². The Morgan fingerprint density at radius 1 is 0.895 bits per heavy atom. The number of phenolic OH excluding ortho intramolecular Hbond substituents is 1. The molecule has 38 heavy (non-hydrogen) atoms. The number of amides is 2. The second-order valence-electron chi connectivity index (χ2n) is 8.91. The summed E-state index contributed by atoms with van der Waals surface area (Å²) in [5, 5.41) is 17.6. The summed E-state index contributed by atoms with van der Waals surface area (Å²) in [6.45, 7) is 0.477. The zero-order valence-corrected chi connectivity index (χ0v) is 21.3. The van der Waals surface area contributed by atoms with Crippen LogP contribution in [-0.4, -0.2) is 35.1 Å². The molecule has 0 saturated heterocycles. The van der Waals surface area contributed by atoms with Crippen molar-refractivity contribution in [3.8, 4) is 5.75 Å². The summed E-state index contributed by atoms with van der Waals surface area (Å²) in [5.41, 5.74) is 5.16. The highest BCUT2D eigenvalue weighted by Crippen LogP contribution is 2.26. The van der Waals surface area contributed by atoms with Gasteiger partial charge in [0.15, 0.2) is 0 Å². The van der Waals surface area contributed by atoms with Crippen LogP contribution in [0.3, 0.4) is 0 Å². The average Bonchev–Trinajstić information content (AvgIpc) is 2.94. The first-order chi connectivity index (χ1) is 18.4. The molecule has 6 nitrogen and oxygen atoms in total. The third-order valence-corrected chi connectivity index (χ3v) is 6.70. The number of rotatable bonds is 6. The summed E-state index contributed by atoms with van der Waals surface area (Å²) in [4.78, 5) is 27.6. The summed E-state index contributed by atoms with van der Waals surface area (Å²) in [7, 11) is 1.80. The topological polar surface area (TPSA) is 82.0 Å². The molecule has 0 aliphatic heterocycles. The number of nitrogens with one attached hydrogen (secondary N) is 1. The highest BCUT2D eigenvalue weighted by molar-refractivity contribution is 6.32. The van der Waals surface area contributed by atoms with Crippen LogP contribution in [0.5, 0.6) is 5.75 Å². The molecule has 2 amide bonds. The number of hydrazone groups is 1. The van der Waals surface area contributed by atoms with E-state index in [1.165, 1.54) is 24.4 Å². The second kappa shape index (κ2) is 10.7. The Kier molecular flexibility index (Phi) is 7.07. The van der Waals surface area contributed by atoms with Gasteiger partial charge in [-0.15, -0.1) is 0 Å². The van der Waals surface area contributed by atoms with Crippen molar-refractivity contribution in [1.82, 2.24) is 10.3 Å². The van der Waals surface area contributed by atoms with Gasteiger partial charge in [0, 0.05) is 30.3 Å². The molecule has 0 fully saturated rings. The molecule has 2 N–H and O–H groups in total. The quantitative estimate of drug-likeness (QED) is 0.201. The molecule has 7 heteroatoms. The van der Waals surface area contributed by atoms with E-state index >= 15 is 0 Å². The van der Waals surface area contributed by atoms with Crippen LogP contribution in [0.15, 0.2) is 102 Å². The standard InChI is InChI=1S/C31H24ClN3O3/c1-35(19-23-9-6-8-20-7-2-3-10-24(20)23)31(38)27-15-13-22(25-11-4-5-12-26(25)27)18-33-34-30(37)21-14-16-29(36)28(32)17-21/h2-18,36H,19H2,1H3,(H,34,37). The van der Waals surface area contributed by atoms with E-state index in [-0.39, 0.29) is 22.2 Å². The minimum Gasteiger partial charge on any atom is -0.506 e. The van der Waals surface area contributed by atoms with Gasteiger partial charge in [-0.3, -0.25) is 9.59 Å². The zero-order valence-electron chi connectivity index (χ0n) is 20.6. The Hall–Kier alpha value is -4.68. The zero-order chi connectivity index (χ0) is 26.6. The van der Waals surface area contributed by atoms with E-state index in [4.69, 9.17) is 11.6 Å². The molecular formula is C31H24ClN3O3. The van der Waals surface area contributed by atoms with E-state index < -0.39 is 5.91 Å². The van der Waals surface area contributed by atoms with Crippen molar-refractivity contribution >= 4 is 51.2 Å². The Morgan fingerprint density at radius 3 is 2.39 bits per heavy atom. The van der Waals surface area contributed by atoms with E-state index in [0.717, 1.165) is 32.7 Å². The maximum atomic E-state index is 13.5. The fourth-order valence-corrected chi connectivity index (χ4v) is 4.64. The fourth-order valence-electron chi connectivity index (χ4n) is 4.46. The van der Waals surface area contributed by atoms with Gasteiger partial charge in [0.1, 0.15) is 5.75 Å². The molecule has 0 heterocycles. The van der Waals surface area contributed by atoms with E-state index in [9.17, 15) is 14.7 Å². The number of benzene rings is 5. The number of halogens is 1. The predicted molar refractivity (Wildman–Crippen MR) is 152 cm³/mol. The van der Waals surface area contributed by atoms with E-state index in [2.05, 4.69) is 28.7 Å². The number of aromatic hydroxyl groups is 1. The number of nitrogens with zero attached hydrogens (tertiary/aromatic N) is 2. The average molecular weight is 522 g/mol. The lowest BCUT2D eigenvalue weighted by molar-refractivity contribution is 0.0787. The Morgan fingerprint density at radius 2 is 1.61 bits per heavy atom. The lowest BCUT2D eigenvalue weighted by Gasteiger charge is -2.20. The van der Waals surface area contributed by atoms with Crippen molar-refractivity contribution in [1.29, 1.82) is 0 Å². The highest BCUT2D eigenvalue weighted by Gasteiger charge is 2.17. The predicted octanol–water partition coefficient (Wildman–Crippen LogP) is 6.39. The molecule has 0 bridgehead atoms. The Balaban J connectivity index is 1.37. The van der Waals surface area contributed by atoms with E-state index in [1.807, 2.05) is 54.6 Å². The third kappa shape index (κ3) is 5.08. The minimum atomic E-state index is -0.464. The lowest BCUT2D eigenvalue weighted by atomic mass is 9.99. The van der Waals surface area contributed by atoms with Crippen molar-refractivity contribution in [2.45, 2.75) is 6.54 Å². The third-order valence-electron chi connectivity index (χ3n) is 6.40. The molecule has 0 unspecified atom stereocenters. The summed E-state index contributed by atoms with van der Waals surface area (Å²) in [6, 6.07) is 29.6.